The van der Waals surface area contributed by atoms with E-state index in [0.717, 1.165) is 31.3 Å². The van der Waals surface area contributed by atoms with Gasteiger partial charge < -0.3 is 0 Å². The fourth-order valence-corrected chi connectivity index (χ4v) is 1.44. The van der Waals surface area contributed by atoms with Gasteiger partial charge in [-0.05, 0) is 37.2 Å². The van der Waals surface area contributed by atoms with E-state index in [2.05, 4.69) is 0 Å². The number of allylic oxidation sites excluding steroid dienone is 1. The van der Waals surface area contributed by atoms with Gasteiger partial charge in [0, 0.05) is 0 Å². The van der Waals surface area contributed by atoms with Crippen LogP contribution in [0.1, 0.15) is 39.0 Å². The fourth-order valence-electron chi connectivity index (χ4n) is 1.44. The third kappa shape index (κ3) is 3.84. The number of hydrogen-bond donors (Lipinski definition) is 0. The lowest BCUT2D eigenvalue weighted by Gasteiger charge is -2.07. The highest BCUT2D eigenvalue weighted by Crippen LogP contribution is 2.35. The highest BCUT2D eigenvalue weighted by molar-refractivity contribution is 4.88. The van der Waals surface area contributed by atoms with Gasteiger partial charge in [-0.15, -0.1) is 0 Å². The summed E-state index contributed by atoms with van der Waals surface area (Å²) in [6, 6.07) is 0. The molecule has 1 fully saturated rings. The summed E-state index contributed by atoms with van der Waals surface area (Å²) in [5.41, 5.74) is 0. The van der Waals surface area contributed by atoms with Gasteiger partial charge in [0.05, 0.1) is 0 Å². The van der Waals surface area contributed by atoms with Crippen molar-refractivity contribution in [3.05, 3.63) is 12.2 Å². The second-order valence-electron chi connectivity index (χ2n) is 3.65. The Balaban J connectivity index is 2.19. The van der Waals surface area contributed by atoms with E-state index in [1.165, 1.54) is 12.8 Å². The van der Waals surface area contributed by atoms with Crippen LogP contribution in [-0.4, -0.2) is 0 Å². The molecule has 0 bridgehead atoms. The first-order valence-corrected chi connectivity index (χ1v) is 4.75. The van der Waals surface area contributed by atoms with Gasteiger partial charge in [0.1, 0.15) is 0 Å². The van der Waals surface area contributed by atoms with Crippen molar-refractivity contribution >= 4 is 0 Å². The first-order chi connectivity index (χ1) is 5.72. The maximum absolute atomic E-state index is 11.9. The van der Waals surface area contributed by atoms with E-state index in [4.69, 9.17) is 0 Å². The smallest absolute Gasteiger partial charge is 0.174 e. The molecule has 0 aromatic rings. The normalized spacial score (nSPS) is 18.9. The Morgan fingerprint density at radius 1 is 1.50 bits per heavy atom. The molecular weight excluding hydrogens is 158 g/mol. The van der Waals surface area contributed by atoms with Crippen LogP contribution < -0.4 is 0 Å². The Kier molecular flexibility index (Phi) is 3.70. The molecule has 0 aromatic heterocycles. The number of hydrogen-bond acceptors (Lipinski definition) is 0. The molecule has 0 aliphatic heterocycles. The minimum Gasteiger partial charge on any atom is -0.174 e. The molecule has 0 N–H and O–H groups in total. The van der Waals surface area contributed by atoms with Crippen molar-refractivity contribution < 1.29 is 8.78 Å². The van der Waals surface area contributed by atoms with Gasteiger partial charge in [0.25, 0.3) is 6.08 Å². The second kappa shape index (κ2) is 4.58. The van der Waals surface area contributed by atoms with Crippen LogP contribution in [0.3, 0.4) is 0 Å². The van der Waals surface area contributed by atoms with Gasteiger partial charge in [0.15, 0.2) is 0 Å². The van der Waals surface area contributed by atoms with Crippen molar-refractivity contribution in [2.75, 3.05) is 0 Å². The lowest BCUT2D eigenvalue weighted by molar-refractivity contribution is 0.399. The zero-order valence-corrected chi connectivity index (χ0v) is 7.52. The van der Waals surface area contributed by atoms with E-state index >= 15 is 0 Å². The van der Waals surface area contributed by atoms with Crippen LogP contribution in [0.25, 0.3) is 0 Å². The van der Waals surface area contributed by atoms with Crippen LogP contribution in [0.2, 0.25) is 0 Å². The van der Waals surface area contributed by atoms with Gasteiger partial charge in [-0.1, -0.05) is 19.8 Å². The molecule has 70 valence electrons. The summed E-state index contributed by atoms with van der Waals surface area (Å²) in [6.07, 6.45) is 5.15. The SMILES string of the molecule is CCC(C=C(F)F)CCC1CC1. The summed E-state index contributed by atoms with van der Waals surface area (Å²) in [4.78, 5) is 0. The van der Waals surface area contributed by atoms with Gasteiger partial charge in [0.2, 0.25) is 0 Å². The number of halogens is 2. The highest BCUT2D eigenvalue weighted by atomic mass is 19.3. The minimum atomic E-state index is -1.52. The molecule has 0 spiro atoms. The molecule has 1 atom stereocenters. The molecule has 0 nitrogen and oxygen atoms in total. The number of rotatable bonds is 5. The Bertz CT molecular complexity index is 155. The Hall–Kier alpha value is -0.400. The largest absolute Gasteiger partial charge is 0.266 e. The average molecular weight is 174 g/mol. The second-order valence-corrected chi connectivity index (χ2v) is 3.65. The maximum atomic E-state index is 11.9. The third-order valence-electron chi connectivity index (χ3n) is 2.53. The lowest BCUT2D eigenvalue weighted by Crippen LogP contribution is -1.95. The Labute approximate surface area is 72.7 Å². The summed E-state index contributed by atoms with van der Waals surface area (Å²) in [7, 11) is 0. The van der Waals surface area contributed by atoms with Crippen LogP contribution in [0.5, 0.6) is 0 Å². The molecule has 0 amide bonds. The summed E-state index contributed by atoms with van der Waals surface area (Å²) >= 11 is 0. The van der Waals surface area contributed by atoms with Crippen molar-refractivity contribution in [3.63, 3.8) is 0 Å². The molecule has 0 heterocycles. The van der Waals surface area contributed by atoms with Crippen LogP contribution >= 0.6 is 0 Å². The molecule has 0 aromatic carbocycles. The zero-order valence-electron chi connectivity index (χ0n) is 7.52. The lowest BCUT2D eigenvalue weighted by atomic mass is 9.99. The van der Waals surface area contributed by atoms with Crippen molar-refractivity contribution in [2.24, 2.45) is 11.8 Å². The molecule has 1 aliphatic carbocycles. The Morgan fingerprint density at radius 3 is 2.58 bits per heavy atom. The van der Waals surface area contributed by atoms with Crippen LogP contribution in [-0.2, 0) is 0 Å². The summed E-state index contributed by atoms with van der Waals surface area (Å²) in [5.74, 6) is 0.964. The maximum Gasteiger partial charge on any atom is 0.266 e. The first-order valence-electron chi connectivity index (χ1n) is 4.75. The standard InChI is InChI=1S/C10H16F2/c1-2-8(7-10(11)12)3-4-9-5-6-9/h7-9H,2-6H2,1H3. The fraction of sp³-hybridized carbons (Fsp3) is 0.800. The highest BCUT2D eigenvalue weighted by Gasteiger charge is 2.21. The molecule has 1 aliphatic rings. The molecule has 1 saturated carbocycles. The zero-order chi connectivity index (χ0) is 8.97. The van der Waals surface area contributed by atoms with Gasteiger partial charge in [-0.3, -0.25) is 0 Å². The van der Waals surface area contributed by atoms with E-state index in [1.54, 1.807) is 0 Å². The Morgan fingerprint density at radius 2 is 2.17 bits per heavy atom. The first kappa shape index (κ1) is 9.69. The van der Waals surface area contributed by atoms with E-state index < -0.39 is 6.08 Å². The minimum absolute atomic E-state index is 0.107. The van der Waals surface area contributed by atoms with Crippen molar-refractivity contribution in [2.45, 2.75) is 39.0 Å². The van der Waals surface area contributed by atoms with Crippen molar-refractivity contribution in [1.29, 1.82) is 0 Å². The predicted molar refractivity (Wildman–Crippen MR) is 46.0 cm³/mol. The van der Waals surface area contributed by atoms with Crippen LogP contribution in [0.15, 0.2) is 12.2 Å². The molecule has 1 rings (SSSR count). The van der Waals surface area contributed by atoms with Gasteiger partial charge in [-0.2, -0.15) is 8.78 Å². The summed E-state index contributed by atoms with van der Waals surface area (Å²) in [5, 5.41) is 0. The van der Waals surface area contributed by atoms with Crippen LogP contribution in [0.4, 0.5) is 8.78 Å². The summed E-state index contributed by atoms with van der Waals surface area (Å²) in [6.45, 7) is 1.97. The summed E-state index contributed by atoms with van der Waals surface area (Å²) < 4.78 is 23.7. The van der Waals surface area contributed by atoms with E-state index in [-0.39, 0.29) is 5.92 Å². The molecule has 0 radical (unpaired) electrons. The quantitative estimate of drug-likeness (QED) is 0.591. The topological polar surface area (TPSA) is 0 Å². The molecular formula is C10H16F2. The van der Waals surface area contributed by atoms with E-state index in [9.17, 15) is 8.78 Å². The average Bonchev–Trinajstić information content (AvgIpc) is 2.80. The van der Waals surface area contributed by atoms with Crippen molar-refractivity contribution in [3.8, 4) is 0 Å². The third-order valence-corrected chi connectivity index (χ3v) is 2.53. The molecule has 0 saturated heterocycles. The molecule has 12 heavy (non-hydrogen) atoms. The van der Waals surface area contributed by atoms with Gasteiger partial charge in [-0.25, -0.2) is 0 Å². The van der Waals surface area contributed by atoms with E-state index in [0.29, 0.717) is 0 Å². The van der Waals surface area contributed by atoms with Crippen LogP contribution in [0, 0.1) is 11.8 Å². The van der Waals surface area contributed by atoms with Gasteiger partial charge >= 0.3 is 0 Å². The predicted octanol–water partition coefficient (Wildman–Crippen LogP) is 3.98. The van der Waals surface area contributed by atoms with E-state index in [1.807, 2.05) is 6.92 Å². The monoisotopic (exact) mass is 174 g/mol. The van der Waals surface area contributed by atoms with Crippen molar-refractivity contribution in [1.82, 2.24) is 0 Å². The molecule has 2 heteroatoms. The molecule has 1 unspecified atom stereocenters.